The van der Waals surface area contributed by atoms with Crippen molar-refractivity contribution in [3.05, 3.63) is 45.6 Å². The van der Waals surface area contributed by atoms with Crippen molar-refractivity contribution in [2.75, 3.05) is 39.6 Å². The molecule has 0 aliphatic heterocycles. The second-order valence-electron chi connectivity index (χ2n) is 7.52. The Morgan fingerprint density at radius 1 is 1.06 bits per heavy atom. The van der Waals surface area contributed by atoms with Gasteiger partial charge in [-0.1, -0.05) is 13.0 Å². The summed E-state index contributed by atoms with van der Waals surface area (Å²) < 4.78 is 36.9. The lowest BCUT2D eigenvalue weighted by Gasteiger charge is -2.27. The number of nitrogens with zero attached hydrogens (tertiary/aromatic N) is 2. The largest absolute Gasteiger partial charge is 0.493 e. The summed E-state index contributed by atoms with van der Waals surface area (Å²) in [5.74, 6) is 1.08. The molecule has 0 radical (unpaired) electrons. The number of thiophene rings is 1. The Morgan fingerprint density at radius 3 is 2.34 bits per heavy atom. The molecular weight excluding hydrogens is 448 g/mol. The molecule has 0 spiro atoms. The predicted molar refractivity (Wildman–Crippen MR) is 129 cm³/mol. The van der Waals surface area contributed by atoms with Gasteiger partial charge in [0.1, 0.15) is 0 Å². The minimum atomic E-state index is -3.45. The Hall–Kier alpha value is -2.10. The second kappa shape index (κ2) is 12.2. The summed E-state index contributed by atoms with van der Waals surface area (Å²) in [6.45, 7) is 6.66. The summed E-state index contributed by atoms with van der Waals surface area (Å²) in [5, 5.41) is 2.01. The summed E-state index contributed by atoms with van der Waals surface area (Å²) in [5.41, 5.74) is 2.14. The fourth-order valence-corrected chi connectivity index (χ4v) is 5.38. The van der Waals surface area contributed by atoms with E-state index in [1.54, 1.807) is 37.4 Å². The van der Waals surface area contributed by atoms with Gasteiger partial charge in [-0.15, -0.1) is 11.3 Å². The Bertz CT molecular complexity index is 988. The lowest BCUT2D eigenvalue weighted by atomic mass is 10.1. The Labute approximate surface area is 196 Å². The maximum atomic E-state index is 13.3. The highest BCUT2D eigenvalue weighted by atomic mass is 32.2. The number of aryl methyl sites for hydroxylation is 1. The smallest absolute Gasteiger partial charge is 0.238 e. The van der Waals surface area contributed by atoms with Crippen LogP contribution in [0.1, 0.15) is 36.3 Å². The fraction of sp³-hybridized carbons (Fsp3) is 0.522. The maximum absolute atomic E-state index is 13.3. The highest BCUT2D eigenvalue weighted by Crippen LogP contribution is 2.28. The molecule has 0 atom stereocenters. The number of sulfonamides is 1. The van der Waals surface area contributed by atoms with Crippen LogP contribution in [0.2, 0.25) is 0 Å². The van der Waals surface area contributed by atoms with E-state index in [9.17, 15) is 13.2 Å². The van der Waals surface area contributed by atoms with Crippen LogP contribution in [0.3, 0.4) is 0 Å². The molecule has 9 heteroatoms. The van der Waals surface area contributed by atoms with Crippen LogP contribution in [0.5, 0.6) is 11.5 Å². The molecule has 0 unspecified atom stereocenters. The van der Waals surface area contributed by atoms with Crippen LogP contribution in [-0.4, -0.2) is 63.1 Å². The van der Waals surface area contributed by atoms with Crippen molar-refractivity contribution in [2.45, 2.75) is 40.2 Å². The van der Waals surface area contributed by atoms with Crippen LogP contribution in [0.4, 0.5) is 0 Å². The van der Waals surface area contributed by atoms with Gasteiger partial charge in [-0.05, 0) is 61.4 Å². The van der Waals surface area contributed by atoms with Crippen LogP contribution in [0.15, 0.2) is 29.6 Å². The molecule has 32 heavy (non-hydrogen) atoms. The van der Waals surface area contributed by atoms with E-state index in [0.29, 0.717) is 44.0 Å². The van der Waals surface area contributed by atoms with E-state index in [1.807, 2.05) is 43.5 Å². The van der Waals surface area contributed by atoms with E-state index < -0.39 is 10.0 Å². The average Bonchev–Trinajstić information content (AvgIpc) is 3.20. The molecule has 0 bridgehead atoms. The molecule has 0 aliphatic rings. The van der Waals surface area contributed by atoms with Gasteiger partial charge >= 0.3 is 0 Å². The molecule has 0 saturated carbocycles. The number of benzene rings is 1. The molecule has 1 heterocycles. The molecule has 0 fully saturated rings. The first kappa shape index (κ1) is 26.2. The van der Waals surface area contributed by atoms with Crippen LogP contribution < -0.4 is 9.47 Å². The van der Waals surface area contributed by atoms with Crippen LogP contribution >= 0.6 is 11.3 Å². The Balaban J connectivity index is 2.22. The average molecular weight is 483 g/mol. The number of ether oxygens (including phenoxy) is 2. The molecule has 0 N–H and O–H groups in total. The van der Waals surface area contributed by atoms with Gasteiger partial charge in [-0.25, -0.2) is 8.42 Å². The zero-order valence-corrected chi connectivity index (χ0v) is 21.2. The third-order valence-electron chi connectivity index (χ3n) is 5.32. The van der Waals surface area contributed by atoms with Crippen molar-refractivity contribution < 1.29 is 22.7 Å². The number of hydrogen-bond donors (Lipinski definition) is 0. The Kier molecular flexibility index (Phi) is 9.99. The van der Waals surface area contributed by atoms with Crippen molar-refractivity contribution in [3.63, 3.8) is 0 Å². The van der Waals surface area contributed by atoms with E-state index in [-0.39, 0.29) is 18.2 Å². The quantitative estimate of drug-likeness (QED) is 0.435. The summed E-state index contributed by atoms with van der Waals surface area (Å²) in [6.07, 6.45) is 1.27. The molecule has 2 aromatic rings. The van der Waals surface area contributed by atoms with Gasteiger partial charge in [0.05, 0.1) is 33.1 Å². The monoisotopic (exact) mass is 482 g/mol. The first-order valence-corrected chi connectivity index (χ1v) is 13.2. The molecule has 1 aromatic heterocycles. The van der Waals surface area contributed by atoms with Crippen molar-refractivity contribution in [1.29, 1.82) is 0 Å². The van der Waals surface area contributed by atoms with E-state index in [2.05, 4.69) is 0 Å². The van der Waals surface area contributed by atoms with Gasteiger partial charge in [0.25, 0.3) is 0 Å². The number of rotatable bonds is 13. The fourth-order valence-electron chi connectivity index (χ4n) is 3.33. The zero-order chi connectivity index (χ0) is 23.7. The standard InChI is InChI=1S/C23H34N2O5S2/c1-6-12-25(32(27,28)7-2)17-23(26)24(16-22-18(3)11-14-31-22)13-10-19-8-9-20(29-4)21(15-19)30-5/h8-9,11,14-15H,6-7,10,12-13,16-17H2,1-5H3. The highest BCUT2D eigenvalue weighted by Gasteiger charge is 2.25. The van der Waals surface area contributed by atoms with Crippen molar-refractivity contribution >= 4 is 27.3 Å². The number of carbonyl (C=O) groups is 1. The molecule has 2 rings (SSSR count). The first-order valence-electron chi connectivity index (χ1n) is 10.7. The number of carbonyl (C=O) groups excluding carboxylic acids is 1. The highest BCUT2D eigenvalue weighted by molar-refractivity contribution is 7.89. The minimum Gasteiger partial charge on any atom is -0.493 e. The van der Waals surface area contributed by atoms with E-state index in [0.717, 1.165) is 16.0 Å². The Morgan fingerprint density at radius 2 is 1.78 bits per heavy atom. The van der Waals surface area contributed by atoms with E-state index >= 15 is 0 Å². The summed E-state index contributed by atoms with van der Waals surface area (Å²) >= 11 is 1.60. The lowest BCUT2D eigenvalue weighted by Crippen LogP contribution is -2.44. The van der Waals surface area contributed by atoms with Gasteiger partial charge in [0.2, 0.25) is 15.9 Å². The topological polar surface area (TPSA) is 76.2 Å². The van der Waals surface area contributed by atoms with Gasteiger partial charge in [0, 0.05) is 18.0 Å². The lowest BCUT2D eigenvalue weighted by molar-refractivity contribution is -0.132. The van der Waals surface area contributed by atoms with Crippen molar-refractivity contribution in [2.24, 2.45) is 0 Å². The summed E-state index contributed by atoms with van der Waals surface area (Å²) in [7, 11) is -0.265. The molecule has 178 valence electrons. The van der Waals surface area contributed by atoms with Gasteiger partial charge in [-0.3, -0.25) is 4.79 Å². The third-order valence-corrected chi connectivity index (χ3v) is 8.15. The SMILES string of the molecule is CCCN(CC(=O)N(CCc1ccc(OC)c(OC)c1)Cc1sccc1C)S(=O)(=O)CC. The number of amides is 1. The van der Waals surface area contributed by atoms with Crippen LogP contribution in [-0.2, 0) is 27.8 Å². The third kappa shape index (κ3) is 6.95. The van der Waals surface area contributed by atoms with Crippen LogP contribution in [0.25, 0.3) is 0 Å². The second-order valence-corrected chi connectivity index (χ2v) is 10.8. The minimum absolute atomic E-state index is 0.0179. The number of methoxy groups -OCH3 is 2. The van der Waals surface area contributed by atoms with Crippen molar-refractivity contribution in [1.82, 2.24) is 9.21 Å². The van der Waals surface area contributed by atoms with Crippen molar-refractivity contribution in [3.8, 4) is 11.5 Å². The first-order chi connectivity index (χ1) is 15.2. The van der Waals surface area contributed by atoms with Gasteiger partial charge in [0.15, 0.2) is 11.5 Å². The molecule has 0 aliphatic carbocycles. The molecule has 7 nitrogen and oxygen atoms in total. The number of hydrogen-bond acceptors (Lipinski definition) is 6. The van der Waals surface area contributed by atoms with Gasteiger partial charge in [-0.2, -0.15) is 4.31 Å². The maximum Gasteiger partial charge on any atom is 0.238 e. The molecular formula is C23H34N2O5S2. The summed E-state index contributed by atoms with van der Waals surface area (Å²) in [6, 6.07) is 7.73. The van der Waals surface area contributed by atoms with E-state index in [4.69, 9.17) is 9.47 Å². The molecule has 0 saturated heterocycles. The predicted octanol–water partition coefficient (Wildman–Crippen LogP) is 3.71. The zero-order valence-electron chi connectivity index (χ0n) is 19.6. The molecule has 1 amide bonds. The summed E-state index contributed by atoms with van der Waals surface area (Å²) in [4.78, 5) is 16.1. The molecule has 1 aromatic carbocycles. The normalized spacial score (nSPS) is 11.6. The van der Waals surface area contributed by atoms with Gasteiger partial charge < -0.3 is 14.4 Å². The van der Waals surface area contributed by atoms with E-state index in [1.165, 1.54) is 4.31 Å². The van der Waals surface area contributed by atoms with Crippen LogP contribution in [0, 0.1) is 6.92 Å².